The van der Waals surface area contributed by atoms with Crippen molar-refractivity contribution in [3.8, 4) is 22.6 Å². The number of anilines is 1. The van der Waals surface area contributed by atoms with Gasteiger partial charge < -0.3 is 20.1 Å². The first-order valence-electron chi connectivity index (χ1n) is 11.2. The molecule has 7 nitrogen and oxygen atoms in total. The highest BCUT2D eigenvalue weighted by molar-refractivity contribution is 5.77. The van der Waals surface area contributed by atoms with E-state index in [1.54, 1.807) is 20.4 Å². The number of ether oxygens (including phenoxy) is 2. The number of hydrogen-bond acceptors (Lipinski definition) is 6. The van der Waals surface area contributed by atoms with Crippen LogP contribution in [0.25, 0.3) is 11.1 Å². The van der Waals surface area contributed by atoms with Gasteiger partial charge in [0.25, 0.3) is 0 Å². The summed E-state index contributed by atoms with van der Waals surface area (Å²) in [6.45, 7) is 1.41. The van der Waals surface area contributed by atoms with Crippen molar-refractivity contribution in [1.29, 1.82) is 0 Å². The molecular formula is C26H30N4O3. The van der Waals surface area contributed by atoms with E-state index in [0.29, 0.717) is 19.4 Å². The number of nitrogens with two attached hydrogens (primary N) is 1. The van der Waals surface area contributed by atoms with Gasteiger partial charge in [0.1, 0.15) is 11.5 Å². The zero-order valence-corrected chi connectivity index (χ0v) is 19.2. The maximum absolute atomic E-state index is 13.0. The van der Waals surface area contributed by atoms with Crippen molar-refractivity contribution in [1.82, 2.24) is 14.9 Å². The minimum absolute atomic E-state index is 0.117. The molecule has 2 heterocycles. The zero-order valence-electron chi connectivity index (χ0n) is 19.2. The molecule has 0 spiro atoms. The Labute approximate surface area is 194 Å². The Morgan fingerprint density at radius 3 is 2.39 bits per heavy atom. The smallest absolute Gasteiger partial charge is 0.222 e. The highest BCUT2D eigenvalue weighted by Crippen LogP contribution is 2.34. The number of nitrogens with zero attached hydrogens (tertiary/aromatic N) is 3. The predicted octanol–water partition coefficient (Wildman–Crippen LogP) is 4.08. The van der Waals surface area contributed by atoms with Crippen molar-refractivity contribution in [2.75, 3.05) is 33.0 Å². The molecule has 2 aromatic carbocycles. The van der Waals surface area contributed by atoms with E-state index in [9.17, 15) is 4.79 Å². The molecule has 1 amide bonds. The van der Waals surface area contributed by atoms with Crippen LogP contribution in [0.5, 0.6) is 11.5 Å². The SMILES string of the molecule is COc1ccc(CCC(=O)N2CCC[C@@H](c3nc(N)ncc3-c3ccc(OC)cc3)C2)cc1. The average molecular weight is 447 g/mol. The van der Waals surface area contributed by atoms with Gasteiger partial charge >= 0.3 is 0 Å². The summed E-state index contributed by atoms with van der Waals surface area (Å²) < 4.78 is 10.5. The average Bonchev–Trinajstić information content (AvgIpc) is 2.87. The molecule has 0 unspecified atom stereocenters. The molecule has 1 aliphatic rings. The highest BCUT2D eigenvalue weighted by atomic mass is 16.5. The Hall–Kier alpha value is -3.61. The van der Waals surface area contributed by atoms with Crippen LogP contribution in [-0.2, 0) is 11.2 Å². The van der Waals surface area contributed by atoms with Crippen molar-refractivity contribution in [3.63, 3.8) is 0 Å². The van der Waals surface area contributed by atoms with Gasteiger partial charge in [-0.1, -0.05) is 24.3 Å². The van der Waals surface area contributed by atoms with Crippen molar-refractivity contribution in [2.24, 2.45) is 0 Å². The van der Waals surface area contributed by atoms with Crippen LogP contribution in [0.1, 0.15) is 36.4 Å². The lowest BCUT2D eigenvalue weighted by Gasteiger charge is -2.33. The first kappa shape index (κ1) is 22.6. The number of methoxy groups -OCH3 is 2. The fraction of sp³-hybridized carbons (Fsp3) is 0.346. The van der Waals surface area contributed by atoms with Crippen LogP contribution in [0, 0.1) is 0 Å². The maximum Gasteiger partial charge on any atom is 0.222 e. The van der Waals surface area contributed by atoms with Gasteiger partial charge in [0.2, 0.25) is 11.9 Å². The number of carbonyl (C=O) groups excluding carboxylic acids is 1. The Balaban J connectivity index is 1.47. The van der Waals surface area contributed by atoms with E-state index in [1.165, 1.54) is 0 Å². The van der Waals surface area contributed by atoms with Gasteiger partial charge in [0.15, 0.2) is 0 Å². The summed E-state index contributed by atoms with van der Waals surface area (Å²) >= 11 is 0. The fourth-order valence-electron chi connectivity index (χ4n) is 4.34. The molecule has 0 bridgehead atoms. The lowest BCUT2D eigenvalue weighted by molar-refractivity contribution is -0.132. The molecule has 0 saturated carbocycles. The minimum Gasteiger partial charge on any atom is -0.497 e. The van der Waals surface area contributed by atoms with Gasteiger partial charge in [-0.25, -0.2) is 9.97 Å². The molecule has 0 radical (unpaired) electrons. The number of likely N-dealkylation sites (tertiary alicyclic amines) is 1. The third-order valence-corrected chi connectivity index (χ3v) is 6.19. The highest BCUT2D eigenvalue weighted by Gasteiger charge is 2.28. The van der Waals surface area contributed by atoms with Crippen LogP contribution in [0.4, 0.5) is 5.95 Å². The van der Waals surface area contributed by atoms with Crippen LogP contribution in [0.3, 0.4) is 0 Å². The fourth-order valence-corrected chi connectivity index (χ4v) is 4.34. The van der Waals surface area contributed by atoms with E-state index in [1.807, 2.05) is 53.4 Å². The molecule has 0 aliphatic carbocycles. The van der Waals surface area contributed by atoms with E-state index in [0.717, 1.165) is 53.3 Å². The second-order valence-electron chi connectivity index (χ2n) is 8.28. The molecule has 1 atom stereocenters. The number of hydrogen-bond donors (Lipinski definition) is 1. The van der Waals surface area contributed by atoms with E-state index >= 15 is 0 Å². The Bertz CT molecular complexity index is 1080. The predicted molar refractivity (Wildman–Crippen MR) is 128 cm³/mol. The number of nitrogen functional groups attached to an aromatic ring is 1. The first-order valence-corrected chi connectivity index (χ1v) is 11.2. The quantitative estimate of drug-likeness (QED) is 0.588. The summed E-state index contributed by atoms with van der Waals surface area (Å²) in [7, 11) is 3.30. The van der Waals surface area contributed by atoms with Gasteiger partial charge in [-0.05, 0) is 54.7 Å². The van der Waals surface area contributed by atoms with Crippen LogP contribution in [-0.4, -0.2) is 48.1 Å². The molecule has 1 fully saturated rings. The Kier molecular flexibility index (Phi) is 7.07. The molecular weight excluding hydrogens is 416 g/mol. The van der Waals surface area contributed by atoms with Gasteiger partial charge in [-0.2, -0.15) is 0 Å². The summed E-state index contributed by atoms with van der Waals surface area (Å²) in [6.07, 6.45) is 4.87. The topological polar surface area (TPSA) is 90.6 Å². The van der Waals surface area contributed by atoms with Gasteiger partial charge in [0, 0.05) is 37.2 Å². The molecule has 1 aliphatic heterocycles. The van der Waals surface area contributed by atoms with Crippen LogP contribution >= 0.6 is 0 Å². The first-order chi connectivity index (χ1) is 16.1. The second kappa shape index (κ2) is 10.3. The lowest BCUT2D eigenvalue weighted by atomic mass is 9.89. The third kappa shape index (κ3) is 5.42. The summed E-state index contributed by atoms with van der Waals surface area (Å²) in [6, 6.07) is 15.7. The standard InChI is InChI=1S/C26H30N4O3/c1-32-21-10-5-18(6-11-21)7-14-24(31)30-15-3-4-20(17-30)25-23(16-28-26(27)29-25)19-8-12-22(33-2)13-9-19/h5-6,8-13,16,20H,3-4,7,14-15,17H2,1-2H3,(H2,27,28,29)/t20-/m1/s1. The summed E-state index contributed by atoms with van der Waals surface area (Å²) in [5.74, 6) is 2.16. The molecule has 1 aromatic heterocycles. The molecule has 172 valence electrons. The second-order valence-corrected chi connectivity index (χ2v) is 8.28. The number of piperidine rings is 1. The summed E-state index contributed by atoms with van der Waals surface area (Å²) in [5.41, 5.74) is 9.94. The molecule has 33 heavy (non-hydrogen) atoms. The van der Waals surface area contributed by atoms with Crippen LogP contribution < -0.4 is 15.2 Å². The van der Waals surface area contributed by atoms with E-state index in [2.05, 4.69) is 9.97 Å². The minimum atomic E-state index is 0.117. The third-order valence-electron chi connectivity index (χ3n) is 6.19. The van der Waals surface area contributed by atoms with Crippen molar-refractivity contribution in [3.05, 3.63) is 66.0 Å². The monoisotopic (exact) mass is 446 g/mol. The number of aromatic nitrogens is 2. The van der Waals surface area contributed by atoms with E-state index < -0.39 is 0 Å². The van der Waals surface area contributed by atoms with Gasteiger partial charge in [0.05, 0.1) is 19.9 Å². The lowest BCUT2D eigenvalue weighted by Crippen LogP contribution is -2.39. The van der Waals surface area contributed by atoms with E-state index in [4.69, 9.17) is 15.2 Å². The maximum atomic E-state index is 13.0. The molecule has 2 N–H and O–H groups in total. The van der Waals surface area contributed by atoms with Crippen LogP contribution in [0.2, 0.25) is 0 Å². The van der Waals surface area contributed by atoms with Gasteiger partial charge in [-0.3, -0.25) is 4.79 Å². The molecule has 3 aromatic rings. The Morgan fingerprint density at radius 1 is 1.06 bits per heavy atom. The van der Waals surface area contributed by atoms with Gasteiger partial charge in [-0.15, -0.1) is 0 Å². The number of benzene rings is 2. The van der Waals surface area contributed by atoms with Crippen molar-refractivity contribution < 1.29 is 14.3 Å². The Morgan fingerprint density at radius 2 is 1.73 bits per heavy atom. The van der Waals surface area contributed by atoms with Crippen LogP contribution in [0.15, 0.2) is 54.7 Å². The number of rotatable bonds is 7. The molecule has 7 heteroatoms. The molecule has 4 rings (SSSR count). The number of carbonyl (C=O) groups is 1. The van der Waals surface area contributed by atoms with Crippen molar-refractivity contribution in [2.45, 2.75) is 31.6 Å². The van der Waals surface area contributed by atoms with Crippen molar-refractivity contribution >= 4 is 11.9 Å². The summed E-state index contributed by atoms with van der Waals surface area (Å²) in [5, 5.41) is 0. The van der Waals surface area contributed by atoms with E-state index in [-0.39, 0.29) is 17.8 Å². The molecule has 1 saturated heterocycles. The largest absolute Gasteiger partial charge is 0.497 e. The summed E-state index contributed by atoms with van der Waals surface area (Å²) in [4.78, 5) is 23.8. The number of amides is 1. The zero-order chi connectivity index (χ0) is 23.2. The normalized spacial score (nSPS) is 15.8. The number of aryl methyl sites for hydroxylation is 1.